The molecule has 0 bridgehead atoms. The summed E-state index contributed by atoms with van der Waals surface area (Å²) in [7, 11) is 0. The lowest BCUT2D eigenvalue weighted by Crippen LogP contribution is -2.43. The molecule has 0 spiro atoms. The summed E-state index contributed by atoms with van der Waals surface area (Å²) in [4.78, 5) is 29.0. The summed E-state index contributed by atoms with van der Waals surface area (Å²) in [5, 5.41) is 2.96. The number of hydrogen-bond acceptors (Lipinski definition) is 5. The second-order valence-corrected chi connectivity index (χ2v) is 9.27. The topological polar surface area (TPSA) is 67.9 Å². The first-order chi connectivity index (χ1) is 17.0. The van der Waals surface area contributed by atoms with Crippen LogP contribution in [0.15, 0.2) is 76.5 Å². The molecule has 2 aliphatic rings. The first-order valence-electron chi connectivity index (χ1n) is 11.2. The van der Waals surface area contributed by atoms with E-state index in [1.165, 1.54) is 28.8 Å². The summed E-state index contributed by atoms with van der Waals surface area (Å²) in [6.07, 6.45) is 1.53. The molecule has 1 unspecified atom stereocenters. The van der Waals surface area contributed by atoms with Crippen LogP contribution in [0.3, 0.4) is 0 Å². The average Bonchev–Trinajstić information content (AvgIpc) is 2.87. The molecular weight excluding hydrogens is 467 g/mol. The summed E-state index contributed by atoms with van der Waals surface area (Å²) in [6, 6.07) is 18.9. The molecule has 8 heteroatoms. The first-order valence-corrected chi connectivity index (χ1v) is 12.0. The highest BCUT2D eigenvalue weighted by Gasteiger charge is 2.31. The Hall–Kier alpha value is -3.78. The predicted octanol–water partition coefficient (Wildman–Crippen LogP) is 4.95. The van der Waals surface area contributed by atoms with Crippen LogP contribution in [0, 0.1) is 5.82 Å². The predicted molar refractivity (Wildman–Crippen MR) is 133 cm³/mol. The minimum Gasteiger partial charge on any atom is -0.486 e. The molecule has 5 rings (SSSR count). The number of anilines is 1. The molecule has 0 saturated heterocycles. The van der Waals surface area contributed by atoms with Crippen LogP contribution in [-0.4, -0.2) is 31.6 Å². The highest BCUT2D eigenvalue weighted by Crippen LogP contribution is 2.42. The highest BCUT2D eigenvalue weighted by atomic mass is 32.2. The van der Waals surface area contributed by atoms with Gasteiger partial charge in [0.05, 0.1) is 16.6 Å². The van der Waals surface area contributed by atoms with Crippen LogP contribution in [-0.2, 0) is 9.59 Å². The van der Waals surface area contributed by atoms with Crippen LogP contribution in [0.2, 0.25) is 0 Å². The van der Waals surface area contributed by atoms with Gasteiger partial charge < -0.3 is 14.8 Å². The van der Waals surface area contributed by atoms with Crippen molar-refractivity contribution < 1.29 is 23.5 Å². The van der Waals surface area contributed by atoms with Crippen LogP contribution in [0.4, 0.5) is 10.1 Å². The standard InChI is InChI=1S/C27H23FN2O4S/c1-17(18-10-11-22-23(14-18)34-13-12-33-22)29-26(31)16-30-21-8-4-5-9-24(21)35-25(27(30)32)15-19-6-2-3-7-20(19)28/h2-11,14-15,17H,12-13,16H2,1H3,(H,29,31). The molecule has 2 heterocycles. The molecule has 1 N–H and O–H groups in total. The molecule has 0 fully saturated rings. The summed E-state index contributed by atoms with van der Waals surface area (Å²) in [5.74, 6) is 0.257. The van der Waals surface area contributed by atoms with E-state index in [4.69, 9.17) is 9.47 Å². The number of rotatable bonds is 5. The van der Waals surface area contributed by atoms with Crippen molar-refractivity contribution in [2.75, 3.05) is 24.7 Å². The van der Waals surface area contributed by atoms with E-state index in [9.17, 15) is 14.0 Å². The SMILES string of the molecule is CC(NC(=O)CN1C(=O)C(=Cc2ccccc2F)Sc2ccccc21)c1ccc2c(c1)OCCO2. The molecule has 0 radical (unpaired) electrons. The summed E-state index contributed by atoms with van der Waals surface area (Å²) < 4.78 is 25.4. The van der Waals surface area contributed by atoms with Crippen LogP contribution < -0.4 is 19.7 Å². The Bertz CT molecular complexity index is 1330. The number of fused-ring (bicyclic) bond motifs is 2. The molecule has 2 aliphatic heterocycles. The fourth-order valence-electron chi connectivity index (χ4n) is 4.00. The third-order valence-corrected chi connectivity index (χ3v) is 6.85. The Balaban J connectivity index is 1.36. The molecule has 6 nitrogen and oxygen atoms in total. The van der Waals surface area contributed by atoms with Gasteiger partial charge >= 0.3 is 0 Å². The number of benzene rings is 3. The van der Waals surface area contributed by atoms with Gasteiger partial charge in [-0.25, -0.2) is 4.39 Å². The zero-order valence-corrected chi connectivity index (χ0v) is 19.8. The van der Waals surface area contributed by atoms with Crippen LogP contribution in [0.5, 0.6) is 11.5 Å². The molecular formula is C27H23FN2O4S. The van der Waals surface area contributed by atoms with Gasteiger partial charge in [0.2, 0.25) is 5.91 Å². The van der Waals surface area contributed by atoms with E-state index in [1.54, 1.807) is 24.3 Å². The van der Waals surface area contributed by atoms with Crippen molar-refractivity contribution in [2.45, 2.75) is 17.9 Å². The molecule has 178 valence electrons. The highest BCUT2D eigenvalue weighted by molar-refractivity contribution is 8.04. The van der Waals surface area contributed by atoms with Crippen molar-refractivity contribution in [1.29, 1.82) is 0 Å². The number of halogens is 1. The fraction of sp³-hybridized carbons (Fsp3) is 0.185. The fourth-order valence-corrected chi connectivity index (χ4v) is 5.05. The minimum atomic E-state index is -0.412. The lowest BCUT2D eigenvalue weighted by Gasteiger charge is -2.30. The molecule has 1 atom stereocenters. The van der Waals surface area contributed by atoms with Crippen molar-refractivity contribution in [3.8, 4) is 11.5 Å². The Morgan fingerprint density at radius 2 is 1.83 bits per heavy atom. The van der Waals surface area contributed by atoms with Crippen molar-refractivity contribution in [3.63, 3.8) is 0 Å². The first kappa shape index (κ1) is 23.0. The number of carbonyl (C=O) groups is 2. The lowest BCUT2D eigenvalue weighted by atomic mass is 10.1. The van der Waals surface area contributed by atoms with Gasteiger partial charge in [0, 0.05) is 10.5 Å². The monoisotopic (exact) mass is 490 g/mol. The Kier molecular flexibility index (Phi) is 6.46. The van der Waals surface area contributed by atoms with Crippen LogP contribution >= 0.6 is 11.8 Å². The van der Waals surface area contributed by atoms with Gasteiger partial charge in [0.25, 0.3) is 5.91 Å². The van der Waals surface area contributed by atoms with E-state index in [1.807, 2.05) is 43.3 Å². The summed E-state index contributed by atoms with van der Waals surface area (Å²) in [6.45, 7) is 2.69. The number of nitrogens with zero attached hydrogens (tertiary/aromatic N) is 1. The minimum absolute atomic E-state index is 0.167. The van der Waals surface area contributed by atoms with Crippen LogP contribution in [0.1, 0.15) is 24.1 Å². The van der Waals surface area contributed by atoms with E-state index in [-0.39, 0.29) is 24.4 Å². The lowest BCUT2D eigenvalue weighted by molar-refractivity contribution is -0.122. The molecule has 0 saturated carbocycles. The molecule has 35 heavy (non-hydrogen) atoms. The van der Waals surface area contributed by atoms with Gasteiger partial charge in [-0.05, 0) is 48.9 Å². The molecule has 3 aromatic rings. The zero-order valence-electron chi connectivity index (χ0n) is 19.0. The largest absolute Gasteiger partial charge is 0.486 e. The van der Waals surface area contributed by atoms with Crippen molar-refractivity contribution in [3.05, 3.63) is 88.6 Å². The Labute approximate surface area is 206 Å². The van der Waals surface area contributed by atoms with Crippen LogP contribution in [0.25, 0.3) is 6.08 Å². The van der Waals surface area contributed by atoms with Crippen molar-refractivity contribution >= 4 is 35.3 Å². The van der Waals surface area contributed by atoms with Gasteiger partial charge in [-0.15, -0.1) is 0 Å². The van der Waals surface area contributed by atoms with Gasteiger partial charge in [0.15, 0.2) is 11.5 Å². The smallest absolute Gasteiger partial charge is 0.265 e. The average molecular weight is 491 g/mol. The second-order valence-electron chi connectivity index (χ2n) is 8.18. The van der Waals surface area contributed by atoms with Gasteiger partial charge in [0.1, 0.15) is 25.6 Å². The van der Waals surface area contributed by atoms with E-state index in [0.717, 1.165) is 10.5 Å². The maximum Gasteiger partial charge on any atom is 0.265 e. The number of amides is 2. The van der Waals surface area contributed by atoms with Gasteiger partial charge in [-0.3, -0.25) is 14.5 Å². The quantitative estimate of drug-likeness (QED) is 0.513. The Morgan fingerprint density at radius 3 is 2.66 bits per heavy atom. The molecule has 0 aliphatic carbocycles. The van der Waals surface area contributed by atoms with Gasteiger partial charge in [-0.1, -0.05) is 48.2 Å². The third kappa shape index (κ3) is 4.88. The molecule has 3 aromatic carbocycles. The molecule has 2 amide bonds. The van der Waals surface area contributed by atoms with Crippen molar-refractivity contribution in [2.24, 2.45) is 0 Å². The second kappa shape index (κ2) is 9.84. The van der Waals surface area contributed by atoms with E-state index < -0.39 is 5.82 Å². The van der Waals surface area contributed by atoms with Crippen molar-refractivity contribution in [1.82, 2.24) is 5.32 Å². The zero-order chi connectivity index (χ0) is 24.4. The maximum absolute atomic E-state index is 14.2. The normalized spacial score (nSPS) is 16.6. The number of para-hydroxylation sites is 1. The summed E-state index contributed by atoms with van der Waals surface area (Å²) >= 11 is 1.27. The number of carbonyl (C=O) groups excluding carboxylic acids is 2. The number of ether oxygens (including phenoxy) is 2. The number of nitrogens with one attached hydrogen (secondary N) is 1. The number of hydrogen-bond donors (Lipinski definition) is 1. The van der Waals surface area contributed by atoms with E-state index in [2.05, 4.69) is 5.32 Å². The maximum atomic E-state index is 14.2. The summed E-state index contributed by atoms with van der Waals surface area (Å²) in [5.41, 5.74) is 1.83. The number of thioether (sulfide) groups is 1. The third-order valence-electron chi connectivity index (χ3n) is 5.77. The van der Waals surface area contributed by atoms with Gasteiger partial charge in [-0.2, -0.15) is 0 Å². The van der Waals surface area contributed by atoms with E-state index >= 15 is 0 Å². The molecule has 0 aromatic heterocycles. The Morgan fingerprint density at radius 1 is 1.09 bits per heavy atom. The van der Waals surface area contributed by atoms with E-state index in [0.29, 0.717) is 40.9 Å².